The number of guanidine groups is 1. The van der Waals surface area contributed by atoms with Crippen LogP contribution in [0.3, 0.4) is 0 Å². The molecule has 0 aliphatic carbocycles. The molecule has 0 bridgehead atoms. The summed E-state index contributed by atoms with van der Waals surface area (Å²) in [7, 11) is 0. The van der Waals surface area contributed by atoms with Gasteiger partial charge in [0.2, 0.25) is 0 Å². The molecule has 3 rings (SSSR count). The van der Waals surface area contributed by atoms with Crippen molar-refractivity contribution in [2.24, 2.45) is 10.7 Å². The molecule has 0 atom stereocenters. The molecule has 0 aliphatic rings. The summed E-state index contributed by atoms with van der Waals surface area (Å²) in [6, 6.07) is 18.2. The van der Waals surface area contributed by atoms with Crippen LogP contribution in [0.25, 0.3) is 10.6 Å². The minimum absolute atomic E-state index is 0.412. The van der Waals surface area contributed by atoms with Crippen molar-refractivity contribution < 1.29 is 0 Å². The van der Waals surface area contributed by atoms with Crippen molar-refractivity contribution in [2.45, 2.75) is 20.4 Å². The number of hydrogen-bond donors (Lipinski definition) is 2. The molecule has 0 saturated heterocycles. The van der Waals surface area contributed by atoms with Gasteiger partial charge in [-0.2, -0.15) is 0 Å². The average Bonchev–Trinajstić information content (AvgIpc) is 2.95. The van der Waals surface area contributed by atoms with Gasteiger partial charge in [0.05, 0.1) is 12.2 Å². The van der Waals surface area contributed by atoms with Crippen LogP contribution in [0, 0.1) is 13.8 Å². The molecule has 0 fully saturated rings. The van der Waals surface area contributed by atoms with Crippen molar-refractivity contribution in [1.29, 1.82) is 0 Å². The molecule has 0 spiro atoms. The number of rotatable bonds is 4. The van der Waals surface area contributed by atoms with Crippen LogP contribution in [0.4, 0.5) is 5.69 Å². The Labute approximate surface area is 146 Å². The zero-order chi connectivity index (χ0) is 16.9. The first-order valence-corrected chi connectivity index (χ1v) is 8.59. The third kappa shape index (κ3) is 4.00. The van der Waals surface area contributed by atoms with Crippen LogP contribution in [0.5, 0.6) is 0 Å². The Kier molecular flexibility index (Phi) is 4.91. The van der Waals surface area contributed by atoms with Crippen LogP contribution in [0.1, 0.15) is 16.1 Å². The fourth-order valence-corrected chi connectivity index (χ4v) is 3.34. The van der Waals surface area contributed by atoms with Crippen LogP contribution in [-0.4, -0.2) is 10.9 Å². The highest BCUT2D eigenvalue weighted by atomic mass is 32.1. The molecule has 3 N–H and O–H groups in total. The van der Waals surface area contributed by atoms with Gasteiger partial charge in [-0.25, -0.2) is 9.98 Å². The van der Waals surface area contributed by atoms with E-state index in [9.17, 15) is 0 Å². The van der Waals surface area contributed by atoms with E-state index in [0.29, 0.717) is 12.5 Å². The SMILES string of the molecule is Cc1cccc(NC(N)=NCc2sc(-c3ccccc3)nc2C)c1. The molecule has 24 heavy (non-hydrogen) atoms. The van der Waals surface area contributed by atoms with Gasteiger partial charge >= 0.3 is 0 Å². The molecule has 0 unspecified atom stereocenters. The molecular weight excluding hydrogens is 316 g/mol. The number of benzene rings is 2. The van der Waals surface area contributed by atoms with E-state index in [2.05, 4.69) is 27.4 Å². The summed E-state index contributed by atoms with van der Waals surface area (Å²) in [6.07, 6.45) is 0. The number of aliphatic imine (C=N–C) groups is 1. The van der Waals surface area contributed by atoms with Crippen LogP contribution in [0.2, 0.25) is 0 Å². The third-order valence-electron chi connectivity index (χ3n) is 3.60. The molecule has 0 radical (unpaired) electrons. The highest BCUT2D eigenvalue weighted by Crippen LogP contribution is 2.28. The molecule has 0 saturated carbocycles. The lowest BCUT2D eigenvalue weighted by Gasteiger charge is -2.06. The summed E-state index contributed by atoms with van der Waals surface area (Å²) < 4.78 is 0. The van der Waals surface area contributed by atoms with Gasteiger partial charge in [0, 0.05) is 16.1 Å². The van der Waals surface area contributed by atoms with Crippen LogP contribution in [0.15, 0.2) is 59.6 Å². The van der Waals surface area contributed by atoms with Crippen LogP contribution < -0.4 is 11.1 Å². The van der Waals surface area contributed by atoms with Crippen molar-refractivity contribution in [2.75, 3.05) is 5.32 Å². The van der Waals surface area contributed by atoms with E-state index in [1.54, 1.807) is 11.3 Å². The van der Waals surface area contributed by atoms with Crippen molar-refractivity contribution in [3.8, 4) is 10.6 Å². The Morgan fingerprint density at radius 3 is 2.67 bits per heavy atom. The third-order valence-corrected chi connectivity index (χ3v) is 4.79. The first kappa shape index (κ1) is 16.2. The molecule has 2 aromatic carbocycles. The fourth-order valence-electron chi connectivity index (χ4n) is 2.35. The lowest BCUT2D eigenvalue weighted by molar-refractivity contribution is 1.05. The maximum Gasteiger partial charge on any atom is 0.193 e. The molecule has 3 aromatic rings. The fraction of sp³-hybridized carbons (Fsp3) is 0.158. The molecule has 1 aromatic heterocycles. The van der Waals surface area contributed by atoms with E-state index in [1.807, 2.05) is 56.3 Å². The van der Waals surface area contributed by atoms with E-state index in [-0.39, 0.29) is 0 Å². The largest absolute Gasteiger partial charge is 0.370 e. The summed E-state index contributed by atoms with van der Waals surface area (Å²) in [5.74, 6) is 0.412. The van der Waals surface area contributed by atoms with Gasteiger partial charge in [0.15, 0.2) is 5.96 Å². The second kappa shape index (κ2) is 7.27. The summed E-state index contributed by atoms with van der Waals surface area (Å²) >= 11 is 1.66. The van der Waals surface area contributed by atoms with E-state index < -0.39 is 0 Å². The van der Waals surface area contributed by atoms with Gasteiger partial charge in [-0.15, -0.1) is 11.3 Å². The van der Waals surface area contributed by atoms with Gasteiger partial charge in [-0.1, -0.05) is 42.5 Å². The van der Waals surface area contributed by atoms with Crippen molar-refractivity contribution in [1.82, 2.24) is 4.98 Å². The summed E-state index contributed by atoms with van der Waals surface area (Å²) in [6.45, 7) is 4.59. The number of aryl methyl sites for hydroxylation is 2. The number of aromatic nitrogens is 1. The topological polar surface area (TPSA) is 63.3 Å². The van der Waals surface area contributed by atoms with Crippen molar-refractivity contribution >= 4 is 23.0 Å². The number of anilines is 1. The van der Waals surface area contributed by atoms with Crippen molar-refractivity contribution in [3.05, 3.63) is 70.7 Å². The van der Waals surface area contributed by atoms with Gasteiger partial charge in [0.1, 0.15) is 5.01 Å². The van der Waals surface area contributed by atoms with Crippen LogP contribution >= 0.6 is 11.3 Å². The van der Waals surface area contributed by atoms with E-state index in [1.165, 1.54) is 5.56 Å². The number of thiazole rings is 1. The van der Waals surface area contributed by atoms with Gasteiger partial charge in [0.25, 0.3) is 0 Å². The Morgan fingerprint density at radius 2 is 1.92 bits per heavy atom. The molecule has 5 heteroatoms. The number of nitrogens with two attached hydrogens (primary N) is 1. The quantitative estimate of drug-likeness (QED) is 0.550. The Balaban J connectivity index is 1.71. The zero-order valence-corrected chi connectivity index (χ0v) is 14.6. The second-order valence-electron chi connectivity index (χ2n) is 5.59. The normalized spacial score (nSPS) is 11.5. The van der Waals surface area contributed by atoms with E-state index in [4.69, 9.17) is 5.73 Å². The first-order valence-electron chi connectivity index (χ1n) is 7.77. The van der Waals surface area contributed by atoms with E-state index in [0.717, 1.165) is 26.8 Å². The Hall–Kier alpha value is -2.66. The van der Waals surface area contributed by atoms with E-state index >= 15 is 0 Å². The summed E-state index contributed by atoms with van der Waals surface area (Å²) in [4.78, 5) is 10.2. The molecule has 0 aliphatic heterocycles. The predicted octanol–water partition coefficient (Wildman–Crippen LogP) is 4.35. The smallest absolute Gasteiger partial charge is 0.193 e. The Morgan fingerprint density at radius 1 is 1.12 bits per heavy atom. The molecular formula is C19H20N4S. The van der Waals surface area contributed by atoms with Gasteiger partial charge in [-0.3, -0.25) is 0 Å². The number of nitrogens with zero attached hydrogens (tertiary/aromatic N) is 2. The zero-order valence-electron chi connectivity index (χ0n) is 13.8. The minimum Gasteiger partial charge on any atom is -0.370 e. The maximum absolute atomic E-state index is 5.99. The minimum atomic E-state index is 0.412. The second-order valence-corrected chi connectivity index (χ2v) is 6.67. The lowest BCUT2D eigenvalue weighted by atomic mass is 10.2. The number of nitrogens with one attached hydrogen (secondary N) is 1. The monoisotopic (exact) mass is 336 g/mol. The predicted molar refractivity (Wildman–Crippen MR) is 102 cm³/mol. The first-order chi connectivity index (χ1) is 11.6. The molecule has 1 heterocycles. The highest BCUT2D eigenvalue weighted by molar-refractivity contribution is 7.15. The average molecular weight is 336 g/mol. The molecule has 0 amide bonds. The summed E-state index contributed by atoms with van der Waals surface area (Å²) in [5.41, 5.74) is 10.3. The molecule has 4 nitrogen and oxygen atoms in total. The lowest BCUT2D eigenvalue weighted by Crippen LogP contribution is -2.22. The maximum atomic E-state index is 5.99. The Bertz CT molecular complexity index is 853. The van der Waals surface area contributed by atoms with Gasteiger partial charge in [-0.05, 0) is 31.5 Å². The highest BCUT2D eigenvalue weighted by Gasteiger charge is 2.09. The van der Waals surface area contributed by atoms with Crippen molar-refractivity contribution in [3.63, 3.8) is 0 Å². The van der Waals surface area contributed by atoms with Gasteiger partial charge < -0.3 is 11.1 Å². The number of hydrogen-bond acceptors (Lipinski definition) is 3. The standard InChI is InChI=1S/C19H20N4S/c1-13-7-6-10-16(11-13)23-19(20)21-12-17-14(2)22-18(24-17)15-8-4-3-5-9-15/h3-11H,12H2,1-2H3,(H3,20,21,23). The van der Waals surface area contributed by atoms with Crippen LogP contribution in [-0.2, 0) is 6.54 Å². The molecule has 122 valence electrons. The summed E-state index contributed by atoms with van der Waals surface area (Å²) in [5, 5.41) is 4.14.